The minimum absolute atomic E-state index is 0. The van der Waals surface area contributed by atoms with Gasteiger partial charge in [0.1, 0.15) is 17.4 Å². The Hall–Kier alpha value is -2.72. The Labute approximate surface area is 222 Å². The highest BCUT2D eigenvalue weighted by molar-refractivity contribution is 8.93. The summed E-state index contributed by atoms with van der Waals surface area (Å²) in [4.78, 5) is 39.8. The fourth-order valence-corrected chi connectivity index (χ4v) is 5.15. The van der Waals surface area contributed by atoms with Crippen molar-refractivity contribution in [2.24, 2.45) is 0 Å². The van der Waals surface area contributed by atoms with E-state index in [1.54, 1.807) is 30.3 Å². The fraction of sp³-hybridized carbons (Fsp3) is 0.240. The second-order valence-corrected chi connectivity index (χ2v) is 9.17. The number of para-hydroxylation sites is 1. The molecule has 0 amide bonds. The zero-order valence-electron chi connectivity index (χ0n) is 19.0. The Morgan fingerprint density at radius 1 is 1.06 bits per heavy atom. The average Bonchev–Trinajstić information content (AvgIpc) is 3.21. The summed E-state index contributed by atoms with van der Waals surface area (Å²) in [6.45, 7) is 2.35. The molecule has 3 aromatic rings. The summed E-state index contributed by atoms with van der Waals surface area (Å²) in [7, 11) is 1.36. The summed E-state index contributed by atoms with van der Waals surface area (Å²) in [5, 5.41) is 0.928. The van der Waals surface area contributed by atoms with Crippen LogP contribution in [-0.2, 0) is 27.3 Å². The van der Waals surface area contributed by atoms with Crippen LogP contribution < -0.4 is 9.47 Å². The molecule has 184 valence electrons. The number of carbonyl (C=O) groups is 3. The van der Waals surface area contributed by atoms with E-state index in [4.69, 9.17) is 25.8 Å². The first kappa shape index (κ1) is 26.9. The van der Waals surface area contributed by atoms with E-state index < -0.39 is 18.0 Å². The predicted molar refractivity (Wildman–Crippen MR) is 138 cm³/mol. The van der Waals surface area contributed by atoms with E-state index in [-0.39, 0.29) is 34.3 Å². The number of hydrogen-bond acceptors (Lipinski definition) is 8. The van der Waals surface area contributed by atoms with Gasteiger partial charge in [-0.2, -0.15) is 0 Å². The lowest BCUT2D eigenvalue weighted by molar-refractivity contribution is -0.147. The van der Waals surface area contributed by atoms with E-state index in [2.05, 4.69) is 0 Å². The van der Waals surface area contributed by atoms with Crippen LogP contribution in [0.2, 0.25) is 5.02 Å². The van der Waals surface area contributed by atoms with Gasteiger partial charge in [-0.15, -0.1) is 28.3 Å². The number of carbonyl (C=O) groups excluding carboxylic acids is 3. The number of nitrogens with zero attached hydrogens (tertiary/aromatic N) is 1. The fourth-order valence-electron chi connectivity index (χ4n) is 3.90. The minimum atomic E-state index is -0.645. The molecule has 7 nitrogen and oxygen atoms in total. The summed E-state index contributed by atoms with van der Waals surface area (Å²) in [6.07, 6.45) is 0.680. The maximum atomic E-state index is 12.8. The molecule has 0 N–H and O–H groups in total. The molecule has 1 aliphatic rings. The van der Waals surface area contributed by atoms with E-state index in [1.807, 2.05) is 23.1 Å². The maximum Gasteiger partial charge on any atom is 0.348 e. The van der Waals surface area contributed by atoms with Crippen molar-refractivity contribution in [1.29, 1.82) is 0 Å². The number of methoxy groups -OCH3 is 1. The molecule has 0 saturated heterocycles. The molecule has 1 aromatic heterocycles. The summed E-state index contributed by atoms with van der Waals surface area (Å²) in [6, 6.07) is 14.8. The van der Waals surface area contributed by atoms with E-state index in [9.17, 15) is 14.4 Å². The van der Waals surface area contributed by atoms with Crippen LogP contribution in [-0.4, -0.2) is 36.5 Å². The van der Waals surface area contributed by atoms with Crippen molar-refractivity contribution in [3.63, 3.8) is 0 Å². The van der Waals surface area contributed by atoms with Crippen molar-refractivity contribution in [3.8, 4) is 10.8 Å². The zero-order valence-corrected chi connectivity index (χ0v) is 22.3. The van der Waals surface area contributed by atoms with Gasteiger partial charge in [-0.05, 0) is 41.8 Å². The Morgan fingerprint density at radius 3 is 2.49 bits per heavy atom. The molecule has 1 unspecified atom stereocenters. The molecule has 4 rings (SSSR count). The molecular weight excluding hydrogens is 558 g/mol. The number of halogens is 2. The highest BCUT2D eigenvalue weighted by atomic mass is 79.9. The largest absolute Gasteiger partial charge is 0.468 e. The van der Waals surface area contributed by atoms with Crippen LogP contribution in [0.4, 0.5) is 0 Å². The van der Waals surface area contributed by atoms with Gasteiger partial charge < -0.3 is 14.2 Å². The highest BCUT2D eigenvalue weighted by Gasteiger charge is 2.33. The quantitative estimate of drug-likeness (QED) is 0.285. The van der Waals surface area contributed by atoms with Crippen LogP contribution in [0.5, 0.6) is 10.8 Å². The SMILES string of the molecule is Br.COC(=O)C(c1ccccc1Cl)N1CCc2sc(OC(=O)c3ccccc3OC(C)=O)cc2C1. The van der Waals surface area contributed by atoms with Crippen molar-refractivity contribution in [1.82, 2.24) is 4.90 Å². The van der Waals surface area contributed by atoms with Crippen LogP contribution >= 0.6 is 39.9 Å². The van der Waals surface area contributed by atoms with Gasteiger partial charge in [0, 0.05) is 29.9 Å². The summed E-state index contributed by atoms with van der Waals surface area (Å²) in [5.74, 6) is -1.38. The molecule has 2 heterocycles. The molecule has 1 aliphatic heterocycles. The lowest BCUT2D eigenvalue weighted by Gasteiger charge is -2.33. The lowest BCUT2D eigenvalue weighted by Crippen LogP contribution is -2.38. The van der Waals surface area contributed by atoms with Gasteiger partial charge in [0.15, 0.2) is 5.06 Å². The normalized spacial score (nSPS) is 13.7. The summed E-state index contributed by atoms with van der Waals surface area (Å²) in [5.41, 5.74) is 1.81. The standard InChI is InChI=1S/C25H22ClNO6S.BrH/c1-15(28)32-20-10-6-4-8-18(20)24(29)33-22-13-16-14-27(12-11-21(16)34-22)23(25(30)31-2)17-7-3-5-9-19(17)26;/h3-10,13,23H,11-12,14H2,1-2H3;1H. The van der Waals surface area contributed by atoms with Crippen molar-refractivity contribution in [2.45, 2.75) is 25.9 Å². The molecule has 1 atom stereocenters. The Kier molecular flexibility index (Phi) is 9.07. The Bertz CT molecular complexity index is 1250. The van der Waals surface area contributed by atoms with Crippen molar-refractivity contribution in [2.75, 3.05) is 13.7 Å². The maximum absolute atomic E-state index is 12.8. The molecule has 0 aliphatic carbocycles. The number of hydrogen-bond donors (Lipinski definition) is 0. The highest BCUT2D eigenvalue weighted by Crippen LogP contribution is 2.38. The lowest BCUT2D eigenvalue weighted by atomic mass is 10.0. The van der Waals surface area contributed by atoms with Gasteiger partial charge in [-0.3, -0.25) is 9.69 Å². The van der Waals surface area contributed by atoms with E-state index in [0.29, 0.717) is 35.2 Å². The number of esters is 3. The summed E-state index contributed by atoms with van der Waals surface area (Å²) < 4.78 is 15.8. The number of ether oxygens (including phenoxy) is 3. The van der Waals surface area contributed by atoms with E-state index >= 15 is 0 Å². The number of rotatable bonds is 6. The van der Waals surface area contributed by atoms with Gasteiger partial charge in [0.05, 0.1) is 7.11 Å². The third kappa shape index (κ3) is 6.10. The monoisotopic (exact) mass is 579 g/mol. The predicted octanol–water partition coefficient (Wildman–Crippen LogP) is 5.40. The Balaban J connectivity index is 0.00000342. The molecule has 0 radical (unpaired) electrons. The van der Waals surface area contributed by atoms with Gasteiger partial charge in [0.2, 0.25) is 0 Å². The third-order valence-corrected chi connectivity index (χ3v) is 6.88. The first-order chi connectivity index (χ1) is 16.4. The van der Waals surface area contributed by atoms with Crippen LogP contribution in [0, 0.1) is 0 Å². The molecule has 35 heavy (non-hydrogen) atoms. The zero-order chi connectivity index (χ0) is 24.2. The molecular formula is C25H23BrClNO6S. The summed E-state index contributed by atoms with van der Waals surface area (Å²) >= 11 is 7.77. The molecule has 0 bridgehead atoms. The van der Waals surface area contributed by atoms with Crippen molar-refractivity contribution < 1.29 is 28.6 Å². The first-order valence-electron chi connectivity index (χ1n) is 10.5. The smallest absolute Gasteiger partial charge is 0.348 e. The van der Waals surface area contributed by atoms with E-state index in [0.717, 1.165) is 10.4 Å². The second kappa shape index (κ2) is 11.8. The van der Waals surface area contributed by atoms with Gasteiger partial charge in [-0.1, -0.05) is 41.9 Å². The number of benzene rings is 2. The Morgan fingerprint density at radius 2 is 1.77 bits per heavy atom. The number of fused-ring (bicyclic) bond motifs is 1. The molecule has 0 fully saturated rings. The van der Waals surface area contributed by atoms with Crippen LogP contribution in [0.3, 0.4) is 0 Å². The molecule has 10 heteroatoms. The van der Waals surface area contributed by atoms with Crippen LogP contribution in [0.25, 0.3) is 0 Å². The second-order valence-electron chi connectivity index (χ2n) is 7.66. The molecule has 0 saturated carbocycles. The first-order valence-corrected chi connectivity index (χ1v) is 11.7. The number of thiophene rings is 1. The van der Waals surface area contributed by atoms with E-state index in [1.165, 1.54) is 31.4 Å². The minimum Gasteiger partial charge on any atom is -0.468 e. The van der Waals surface area contributed by atoms with Crippen LogP contribution in [0.1, 0.15) is 39.3 Å². The molecule has 0 spiro atoms. The van der Waals surface area contributed by atoms with Crippen molar-refractivity contribution >= 4 is 57.8 Å². The third-order valence-electron chi connectivity index (χ3n) is 5.42. The van der Waals surface area contributed by atoms with Crippen molar-refractivity contribution in [3.05, 3.63) is 81.2 Å². The van der Waals surface area contributed by atoms with Crippen LogP contribution in [0.15, 0.2) is 54.6 Å². The average molecular weight is 581 g/mol. The molecule has 2 aromatic carbocycles. The van der Waals surface area contributed by atoms with Gasteiger partial charge >= 0.3 is 17.9 Å². The topological polar surface area (TPSA) is 82.1 Å². The van der Waals surface area contributed by atoms with Gasteiger partial charge in [-0.25, -0.2) is 9.59 Å². The van der Waals surface area contributed by atoms with Gasteiger partial charge in [0.25, 0.3) is 0 Å².